The summed E-state index contributed by atoms with van der Waals surface area (Å²) in [4.78, 5) is 36.2. The molecule has 8 heteroatoms. The van der Waals surface area contributed by atoms with Crippen molar-refractivity contribution in [3.63, 3.8) is 0 Å². The summed E-state index contributed by atoms with van der Waals surface area (Å²) in [5, 5.41) is 13.3. The first kappa shape index (κ1) is 18.1. The van der Waals surface area contributed by atoms with Crippen LogP contribution in [0.25, 0.3) is 0 Å². The number of carboxylic acids is 1. The third-order valence-electron chi connectivity index (χ3n) is 3.58. The molecule has 2 aliphatic rings. The summed E-state index contributed by atoms with van der Waals surface area (Å²) < 4.78 is 0. The predicted octanol–water partition coefficient (Wildman–Crippen LogP) is -3.73. The molecule has 1 aromatic rings. The quantitative estimate of drug-likeness (QED) is 0.450. The predicted molar refractivity (Wildman–Crippen MR) is 78.3 cm³/mol. The van der Waals surface area contributed by atoms with Gasteiger partial charge in [-0.1, -0.05) is 30.3 Å². The smallest absolute Gasteiger partial charge is 0.543 e. The van der Waals surface area contributed by atoms with Crippen LogP contribution in [0.5, 0.6) is 0 Å². The minimum absolute atomic E-state index is 0. The molecule has 2 heterocycles. The number of nitrogens with zero attached hydrogens (tertiary/aromatic N) is 1. The molecule has 114 valence electrons. The Morgan fingerprint density at radius 1 is 1.30 bits per heavy atom. The SMILES string of the molecule is O=C(Cc1ccccc1)NC1C(=O)N2C(C(=O)[O-])=CCSC12.[Na+]. The van der Waals surface area contributed by atoms with Crippen LogP contribution in [0.2, 0.25) is 0 Å². The number of amides is 2. The van der Waals surface area contributed by atoms with Crippen molar-refractivity contribution in [2.45, 2.75) is 17.8 Å². The minimum atomic E-state index is -1.37. The average Bonchev–Trinajstić information content (AvgIpc) is 2.52. The molecule has 0 radical (unpaired) electrons. The molecule has 1 aromatic carbocycles. The van der Waals surface area contributed by atoms with Crippen LogP contribution in [-0.4, -0.2) is 39.9 Å². The van der Waals surface area contributed by atoms with E-state index in [1.807, 2.05) is 30.3 Å². The maximum absolute atomic E-state index is 12.1. The van der Waals surface area contributed by atoms with Crippen LogP contribution < -0.4 is 40.0 Å². The number of rotatable bonds is 4. The van der Waals surface area contributed by atoms with E-state index in [4.69, 9.17) is 0 Å². The monoisotopic (exact) mass is 340 g/mol. The number of hydrogen-bond donors (Lipinski definition) is 1. The van der Waals surface area contributed by atoms with Gasteiger partial charge in [-0.3, -0.25) is 14.5 Å². The van der Waals surface area contributed by atoms with Crippen LogP contribution in [0.15, 0.2) is 42.1 Å². The Balaban J connectivity index is 0.00000192. The van der Waals surface area contributed by atoms with Gasteiger partial charge >= 0.3 is 29.6 Å². The topological polar surface area (TPSA) is 89.5 Å². The van der Waals surface area contributed by atoms with Crippen molar-refractivity contribution in [3.05, 3.63) is 47.7 Å². The average molecular weight is 340 g/mol. The van der Waals surface area contributed by atoms with E-state index >= 15 is 0 Å². The standard InChI is InChI=1S/C15H14N2O4S.Na/c18-11(8-9-4-2-1-3-5-9)16-12-13(19)17-10(15(20)21)6-7-22-14(12)17;/h1-6,12,14H,7-8H2,(H,16,18)(H,20,21);/q;+1/p-1. The summed E-state index contributed by atoms with van der Waals surface area (Å²) in [6, 6.07) is 8.53. The number of β-lactam (4-membered cyclic amide) rings is 1. The van der Waals surface area contributed by atoms with Gasteiger partial charge in [0.1, 0.15) is 11.4 Å². The second kappa shape index (κ2) is 7.53. The molecule has 2 atom stereocenters. The number of aliphatic carboxylic acids is 1. The summed E-state index contributed by atoms with van der Waals surface area (Å²) in [5.41, 5.74) is 0.748. The fourth-order valence-corrected chi connectivity index (χ4v) is 3.73. The Kier molecular flexibility index (Phi) is 5.91. The zero-order valence-corrected chi connectivity index (χ0v) is 15.3. The number of fused-ring (bicyclic) bond motifs is 1. The number of nitrogens with one attached hydrogen (secondary N) is 1. The third kappa shape index (κ3) is 3.63. The van der Waals surface area contributed by atoms with E-state index < -0.39 is 17.9 Å². The zero-order valence-electron chi connectivity index (χ0n) is 12.5. The molecule has 0 aromatic heterocycles. The van der Waals surface area contributed by atoms with E-state index in [9.17, 15) is 19.5 Å². The first-order chi connectivity index (χ1) is 10.6. The van der Waals surface area contributed by atoms with Crippen LogP contribution in [0.4, 0.5) is 0 Å². The van der Waals surface area contributed by atoms with Crippen LogP contribution in [0.1, 0.15) is 5.56 Å². The van der Waals surface area contributed by atoms with Crippen molar-refractivity contribution in [2.75, 3.05) is 5.75 Å². The molecular weight excluding hydrogens is 327 g/mol. The molecule has 0 spiro atoms. The van der Waals surface area contributed by atoms with Crippen molar-refractivity contribution in [1.29, 1.82) is 0 Å². The summed E-state index contributed by atoms with van der Waals surface area (Å²) in [6.07, 6.45) is 1.64. The van der Waals surface area contributed by atoms with Gasteiger partial charge < -0.3 is 15.2 Å². The normalized spacial score (nSPS) is 22.2. The van der Waals surface area contributed by atoms with Gasteiger partial charge in [0.05, 0.1) is 18.1 Å². The Hall–Kier alpha value is -1.28. The van der Waals surface area contributed by atoms with Gasteiger partial charge in [0.15, 0.2) is 0 Å². The maximum atomic E-state index is 12.1. The largest absolute Gasteiger partial charge is 1.00 e. The van der Waals surface area contributed by atoms with E-state index in [1.165, 1.54) is 22.7 Å². The minimum Gasteiger partial charge on any atom is -0.543 e. The molecular formula is C15H13N2NaO4S. The van der Waals surface area contributed by atoms with Gasteiger partial charge in [0.2, 0.25) is 5.91 Å². The van der Waals surface area contributed by atoms with Gasteiger partial charge in [0.25, 0.3) is 5.91 Å². The van der Waals surface area contributed by atoms with Crippen LogP contribution >= 0.6 is 11.8 Å². The molecule has 0 bridgehead atoms. The van der Waals surface area contributed by atoms with Crippen molar-refractivity contribution >= 4 is 29.5 Å². The number of carbonyl (C=O) groups is 3. The van der Waals surface area contributed by atoms with Crippen molar-refractivity contribution in [2.24, 2.45) is 0 Å². The second-order valence-corrected chi connectivity index (χ2v) is 6.17. The molecule has 3 rings (SSSR count). The molecule has 1 N–H and O–H groups in total. The summed E-state index contributed by atoms with van der Waals surface area (Å²) in [7, 11) is 0. The van der Waals surface area contributed by atoms with Gasteiger partial charge in [-0.2, -0.15) is 0 Å². The number of thioether (sulfide) groups is 1. The molecule has 0 aliphatic carbocycles. The third-order valence-corrected chi connectivity index (χ3v) is 4.76. The Morgan fingerprint density at radius 3 is 2.65 bits per heavy atom. The maximum Gasteiger partial charge on any atom is 1.00 e. The number of benzene rings is 1. The Morgan fingerprint density at radius 2 is 2.00 bits per heavy atom. The van der Waals surface area contributed by atoms with E-state index in [-0.39, 0.29) is 53.0 Å². The van der Waals surface area contributed by atoms with Gasteiger partial charge in [-0.05, 0) is 11.6 Å². The Bertz CT molecular complexity index is 665. The van der Waals surface area contributed by atoms with E-state index in [1.54, 1.807) is 0 Å². The van der Waals surface area contributed by atoms with Crippen LogP contribution in [0.3, 0.4) is 0 Å². The number of carbonyl (C=O) groups excluding carboxylic acids is 3. The Labute approximate surface area is 159 Å². The second-order valence-electron chi connectivity index (χ2n) is 5.02. The van der Waals surface area contributed by atoms with Crippen molar-refractivity contribution in [1.82, 2.24) is 10.2 Å². The fraction of sp³-hybridized carbons (Fsp3) is 0.267. The molecule has 2 amide bonds. The van der Waals surface area contributed by atoms with E-state index in [2.05, 4.69) is 5.32 Å². The zero-order chi connectivity index (χ0) is 15.7. The molecule has 1 saturated heterocycles. The van der Waals surface area contributed by atoms with Crippen molar-refractivity contribution in [3.8, 4) is 0 Å². The van der Waals surface area contributed by atoms with E-state index in [0.717, 1.165) is 5.56 Å². The number of carboxylic acid groups (broad SMARTS) is 1. The van der Waals surface area contributed by atoms with Gasteiger partial charge in [-0.25, -0.2) is 0 Å². The molecule has 2 unspecified atom stereocenters. The number of hydrogen-bond acceptors (Lipinski definition) is 5. The molecule has 1 fully saturated rings. The van der Waals surface area contributed by atoms with Crippen LogP contribution in [-0.2, 0) is 20.8 Å². The summed E-state index contributed by atoms with van der Waals surface area (Å²) in [6.45, 7) is 0. The van der Waals surface area contributed by atoms with Gasteiger partial charge in [-0.15, -0.1) is 11.8 Å². The molecule has 2 aliphatic heterocycles. The summed E-state index contributed by atoms with van der Waals surface area (Å²) >= 11 is 1.42. The first-order valence-electron chi connectivity index (χ1n) is 6.77. The summed E-state index contributed by atoms with van der Waals surface area (Å²) in [5.74, 6) is -1.56. The first-order valence-corrected chi connectivity index (χ1v) is 7.82. The van der Waals surface area contributed by atoms with Gasteiger partial charge in [0, 0.05) is 5.75 Å². The molecule has 23 heavy (non-hydrogen) atoms. The van der Waals surface area contributed by atoms with Crippen LogP contribution in [0, 0.1) is 0 Å². The molecule has 6 nitrogen and oxygen atoms in total. The van der Waals surface area contributed by atoms with E-state index in [0.29, 0.717) is 5.75 Å². The fourth-order valence-electron chi connectivity index (χ4n) is 2.54. The molecule has 0 saturated carbocycles. The van der Waals surface area contributed by atoms with Crippen molar-refractivity contribution < 1.29 is 49.0 Å².